The van der Waals surface area contributed by atoms with Gasteiger partial charge in [-0.15, -0.1) is 0 Å². The molecule has 1 aliphatic rings. The van der Waals surface area contributed by atoms with E-state index in [9.17, 15) is 9.59 Å². The second kappa shape index (κ2) is 8.39. The molecule has 1 atom stereocenters. The van der Waals surface area contributed by atoms with Crippen LogP contribution in [0.3, 0.4) is 0 Å². The predicted molar refractivity (Wildman–Crippen MR) is 93.2 cm³/mol. The molecule has 0 bridgehead atoms. The van der Waals surface area contributed by atoms with Crippen molar-refractivity contribution in [1.29, 1.82) is 0 Å². The fraction of sp³-hybridized carbons (Fsp3) is 0.316. The number of nitrogens with zero attached hydrogens (tertiary/aromatic N) is 1. The van der Waals surface area contributed by atoms with Crippen LogP contribution in [0.4, 0.5) is 0 Å². The second-order valence-corrected chi connectivity index (χ2v) is 5.97. The van der Waals surface area contributed by atoms with Crippen molar-refractivity contribution >= 4 is 11.8 Å². The highest BCUT2D eigenvalue weighted by Gasteiger charge is 2.16. The molecule has 2 aromatic rings. The molecular weight excluding hydrogens is 318 g/mol. The second-order valence-electron chi connectivity index (χ2n) is 5.97. The number of ether oxygens (including phenoxy) is 1. The van der Waals surface area contributed by atoms with Crippen LogP contribution in [-0.2, 0) is 11.3 Å². The topological polar surface area (TPSA) is 80.3 Å². The van der Waals surface area contributed by atoms with Gasteiger partial charge in [0.1, 0.15) is 0 Å². The van der Waals surface area contributed by atoms with Crippen LogP contribution >= 0.6 is 0 Å². The van der Waals surface area contributed by atoms with Gasteiger partial charge in [0.05, 0.1) is 6.10 Å². The summed E-state index contributed by atoms with van der Waals surface area (Å²) in [5.41, 5.74) is 1.97. The zero-order valence-corrected chi connectivity index (χ0v) is 13.9. The van der Waals surface area contributed by atoms with Crippen molar-refractivity contribution < 1.29 is 14.3 Å². The summed E-state index contributed by atoms with van der Waals surface area (Å²) in [5.74, 6) is -0.340. The van der Waals surface area contributed by atoms with Gasteiger partial charge >= 0.3 is 0 Å². The van der Waals surface area contributed by atoms with Crippen molar-refractivity contribution in [1.82, 2.24) is 15.6 Å². The molecule has 1 aromatic heterocycles. The summed E-state index contributed by atoms with van der Waals surface area (Å²) in [7, 11) is 0. The minimum atomic E-state index is -0.185. The van der Waals surface area contributed by atoms with Crippen LogP contribution < -0.4 is 10.6 Å². The van der Waals surface area contributed by atoms with Crippen molar-refractivity contribution in [2.75, 3.05) is 13.2 Å². The number of hydrogen-bond donors (Lipinski definition) is 2. The predicted octanol–water partition coefficient (Wildman–Crippen LogP) is 1.92. The monoisotopic (exact) mass is 339 g/mol. The maximum atomic E-state index is 12.2. The molecule has 1 saturated heterocycles. The van der Waals surface area contributed by atoms with Crippen LogP contribution in [0.1, 0.15) is 39.1 Å². The fourth-order valence-corrected chi connectivity index (χ4v) is 2.67. The average Bonchev–Trinajstić information content (AvgIpc) is 3.19. The van der Waals surface area contributed by atoms with Gasteiger partial charge in [-0.2, -0.15) is 0 Å². The van der Waals surface area contributed by atoms with Gasteiger partial charge in [0, 0.05) is 43.2 Å². The first-order chi connectivity index (χ1) is 12.2. The van der Waals surface area contributed by atoms with E-state index in [4.69, 9.17) is 4.74 Å². The van der Waals surface area contributed by atoms with Gasteiger partial charge in [-0.05, 0) is 48.7 Å². The number of benzene rings is 1. The Kier molecular flexibility index (Phi) is 5.74. The van der Waals surface area contributed by atoms with Crippen molar-refractivity contribution in [3.8, 4) is 0 Å². The summed E-state index contributed by atoms with van der Waals surface area (Å²) in [5, 5.41) is 5.69. The highest BCUT2D eigenvalue weighted by molar-refractivity contribution is 5.97. The molecular formula is C19H21N3O3. The summed E-state index contributed by atoms with van der Waals surface area (Å²) >= 11 is 0. The average molecular weight is 339 g/mol. The highest BCUT2D eigenvalue weighted by Crippen LogP contribution is 2.11. The molecule has 1 unspecified atom stereocenters. The minimum absolute atomic E-state index is 0.112. The zero-order valence-electron chi connectivity index (χ0n) is 13.9. The summed E-state index contributed by atoms with van der Waals surface area (Å²) in [6, 6.07) is 10.3. The van der Waals surface area contributed by atoms with Crippen molar-refractivity contribution in [2.45, 2.75) is 25.5 Å². The third-order valence-corrected chi connectivity index (χ3v) is 4.10. The van der Waals surface area contributed by atoms with Gasteiger partial charge in [0.15, 0.2) is 0 Å². The maximum Gasteiger partial charge on any atom is 0.251 e. The van der Waals surface area contributed by atoms with Gasteiger partial charge < -0.3 is 15.4 Å². The molecule has 0 aliphatic carbocycles. The van der Waals surface area contributed by atoms with Gasteiger partial charge in [-0.3, -0.25) is 14.6 Å². The molecule has 0 radical (unpaired) electrons. The molecule has 3 rings (SSSR count). The van der Waals surface area contributed by atoms with Crippen molar-refractivity contribution in [2.24, 2.45) is 0 Å². The van der Waals surface area contributed by atoms with Gasteiger partial charge in [-0.1, -0.05) is 6.07 Å². The maximum absolute atomic E-state index is 12.2. The number of nitrogens with one attached hydrogen (secondary N) is 2. The quantitative estimate of drug-likeness (QED) is 0.843. The normalized spacial score (nSPS) is 16.4. The number of pyridine rings is 1. The Morgan fingerprint density at radius 3 is 2.40 bits per heavy atom. The molecule has 0 spiro atoms. The Bertz CT molecular complexity index is 710. The third kappa shape index (κ3) is 4.87. The highest BCUT2D eigenvalue weighted by atomic mass is 16.5. The molecule has 1 fully saturated rings. The Morgan fingerprint density at radius 1 is 1.08 bits per heavy atom. The van der Waals surface area contributed by atoms with Gasteiger partial charge in [0.25, 0.3) is 11.8 Å². The third-order valence-electron chi connectivity index (χ3n) is 4.10. The molecule has 25 heavy (non-hydrogen) atoms. The number of carbonyl (C=O) groups excluding carboxylic acids is 2. The van der Waals surface area contributed by atoms with Crippen LogP contribution in [0.2, 0.25) is 0 Å². The lowest BCUT2D eigenvalue weighted by atomic mass is 10.1. The van der Waals surface area contributed by atoms with Crippen LogP contribution in [0.5, 0.6) is 0 Å². The summed E-state index contributed by atoms with van der Waals surface area (Å²) < 4.78 is 5.48. The standard InChI is InChI=1S/C19H21N3O3/c23-18(21-12-14-3-1-9-20-11-14)15-5-7-16(8-6-15)19(24)22-13-17-4-2-10-25-17/h1,3,5-9,11,17H,2,4,10,12-13H2,(H,21,23)(H,22,24). The number of rotatable bonds is 6. The summed E-state index contributed by atoms with van der Waals surface area (Å²) in [6.07, 6.45) is 5.54. The van der Waals surface area contributed by atoms with E-state index in [2.05, 4.69) is 15.6 Å². The van der Waals surface area contributed by atoms with E-state index in [0.29, 0.717) is 24.2 Å². The molecule has 6 nitrogen and oxygen atoms in total. The largest absolute Gasteiger partial charge is 0.376 e. The van der Waals surface area contributed by atoms with E-state index in [1.807, 2.05) is 12.1 Å². The molecule has 6 heteroatoms. The SMILES string of the molecule is O=C(NCc1cccnc1)c1ccc(C(=O)NCC2CCCO2)cc1. The summed E-state index contributed by atoms with van der Waals surface area (Å²) in [4.78, 5) is 28.3. The van der Waals surface area contributed by atoms with Gasteiger partial charge in [-0.25, -0.2) is 0 Å². The summed E-state index contributed by atoms with van der Waals surface area (Å²) in [6.45, 7) is 1.70. The molecule has 0 saturated carbocycles. The first-order valence-electron chi connectivity index (χ1n) is 8.39. The lowest BCUT2D eigenvalue weighted by molar-refractivity contribution is 0.0857. The first kappa shape index (κ1) is 17.1. The molecule has 2 amide bonds. The van der Waals surface area contributed by atoms with E-state index in [-0.39, 0.29) is 17.9 Å². The van der Waals surface area contributed by atoms with Gasteiger partial charge in [0.2, 0.25) is 0 Å². The van der Waals surface area contributed by atoms with E-state index in [1.54, 1.807) is 36.7 Å². The molecule has 2 N–H and O–H groups in total. The minimum Gasteiger partial charge on any atom is -0.376 e. The van der Waals surface area contributed by atoms with Crippen molar-refractivity contribution in [3.05, 3.63) is 65.5 Å². The Morgan fingerprint density at radius 2 is 1.80 bits per heavy atom. The fourth-order valence-electron chi connectivity index (χ4n) is 2.67. The lowest BCUT2D eigenvalue weighted by Crippen LogP contribution is -2.31. The number of carbonyl (C=O) groups is 2. The molecule has 1 aliphatic heterocycles. The van der Waals surface area contributed by atoms with Crippen molar-refractivity contribution in [3.63, 3.8) is 0 Å². The molecule has 2 heterocycles. The zero-order chi connectivity index (χ0) is 17.5. The molecule has 1 aromatic carbocycles. The van der Waals surface area contributed by atoms with E-state index in [0.717, 1.165) is 25.0 Å². The Balaban J connectivity index is 1.50. The number of aromatic nitrogens is 1. The number of amides is 2. The van der Waals surface area contributed by atoms with E-state index in [1.165, 1.54) is 0 Å². The Labute approximate surface area is 146 Å². The van der Waals surface area contributed by atoms with Crippen LogP contribution in [0.25, 0.3) is 0 Å². The lowest BCUT2D eigenvalue weighted by Gasteiger charge is -2.11. The van der Waals surface area contributed by atoms with Crippen LogP contribution in [0.15, 0.2) is 48.8 Å². The smallest absolute Gasteiger partial charge is 0.251 e. The van der Waals surface area contributed by atoms with Crippen LogP contribution in [-0.4, -0.2) is 36.1 Å². The van der Waals surface area contributed by atoms with E-state index < -0.39 is 0 Å². The first-order valence-corrected chi connectivity index (χ1v) is 8.39. The Hall–Kier alpha value is -2.73. The number of hydrogen-bond acceptors (Lipinski definition) is 4. The van der Waals surface area contributed by atoms with Crippen LogP contribution in [0, 0.1) is 0 Å². The van der Waals surface area contributed by atoms with E-state index >= 15 is 0 Å². The molecule has 130 valence electrons.